The molecular weight excluding hydrogens is 310 g/mol. The molecule has 1 atom stereocenters. The van der Waals surface area contributed by atoms with E-state index < -0.39 is 0 Å². The summed E-state index contributed by atoms with van der Waals surface area (Å²) in [5.41, 5.74) is 1.99. The number of hydrogen-bond donors (Lipinski definition) is 2. The molecule has 1 aliphatic rings. The van der Waals surface area contributed by atoms with Crippen molar-refractivity contribution in [2.75, 3.05) is 5.32 Å². The summed E-state index contributed by atoms with van der Waals surface area (Å²) in [7, 11) is 0. The largest absolute Gasteiger partial charge is 0.349 e. The third-order valence-corrected chi connectivity index (χ3v) is 4.51. The smallest absolute Gasteiger partial charge is 0.228 e. The summed E-state index contributed by atoms with van der Waals surface area (Å²) < 4.78 is 0. The highest BCUT2D eigenvalue weighted by Gasteiger charge is 2.26. The van der Waals surface area contributed by atoms with Crippen LogP contribution in [0.4, 0.5) is 5.13 Å². The Labute approximate surface area is 139 Å². The molecule has 120 valence electrons. The van der Waals surface area contributed by atoms with Crippen LogP contribution in [0.3, 0.4) is 0 Å². The molecule has 1 heterocycles. The minimum Gasteiger partial charge on any atom is -0.349 e. The molecule has 0 unspecified atom stereocenters. The molecule has 1 aromatic heterocycles. The van der Waals surface area contributed by atoms with E-state index >= 15 is 0 Å². The van der Waals surface area contributed by atoms with Crippen LogP contribution in [-0.4, -0.2) is 16.8 Å². The van der Waals surface area contributed by atoms with E-state index in [1.807, 2.05) is 35.7 Å². The zero-order chi connectivity index (χ0) is 16.2. The van der Waals surface area contributed by atoms with Crippen molar-refractivity contribution >= 4 is 28.3 Å². The van der Waals surface area contributed by atoms with Gasteiger partial charge in [-0.3, -0.25) is 9.59 Å². The summed E-state index contributed by atoms with van der Waals surface area (Å²) in [6.07, 6.45) is 2.56. The molecule has 1 aliphatic carbocycles. The third kappa shape index (κ3) is 4.39. The number of thiazole rings is 1. The van der Waals surface area contributed by atoms with Crippen LogP contribution in [0.25, 0.3) is 0 Å². The molecule has 0 saturated heterocycles. The topological polar surface area (TPSA) is 71.1 Å². The fourth-order valence-corrected chi connectivity index (χ4v) is 3.26. The molecule has 1 aromatic carbocycles. The molecule has 0 aliphatic heterocycles. The lowest BCUT2D eigenvalue weighted by atomic mass is 10.0. The minimum absolute atomic E-state index is 0.149. The number of carbonyl (C=O) groups is 2. The number of hydrogen-bond acceptors (Lipinski definition) is 4. The fraction of sp³-hybridized carbons (Fsp3) is 0.353. The van der Waals surface area contributed by atoms with E-state index in [9.17, 15) is 9.59 Å². The average molecular weight is 329 g/mol. The number of amides is 2. The standard InChI is InChI=1S/C17H19N3O2S/c1-11(21)18-14(12-5-3-2-4-6-12)9-16(22)20-17-19-15(10-23-17)13-7-8-13/h2-6,10,13-14H,7-9H2,1H3,(H,18,21)(H,19,20,22)/t14-/m0/s1. The molecule has 2 aromatic rings. The Morgan fingerprint density at radius 1 is 1.30 bits per heavy atom. The maximum atomic E-state index is 12.3. The Hall–Kier alpha value is -2.21. The highest BCUT2D eigenvalue weighted by Crippen LogP contribution is 2.40. The number of rotatable bonds is 6. The normalized spacial score (nSPS) is 15.0. The molecule has 0 spiro atoms. The first kappa shape index (κ1) is 15.7. The zero-order valence-electron chi connectivity index (χ0n) is 12.9. The van der Waals surface area contributed by atoms with Crippen molar-refractivity contribution in [2.45, 2.75) is 38.1 Å². The number of nitrogens with zero attached hydrogens (tertiary/aromatic N) is 1. The van der Waals surface area contributed by atoms with Gasteiger partial charge in [-0.15, -0.1) is 11.3 Å². The number of aromatic nitrogens is 1. The first-order chi connectivity index (χ1) is 11.1. The lowest BCUT2D eigenvalue weighted by Gasteiger charge is -2.17. The SMILES string of the molecule is CC(=O)N[C@@H](CC(=O)Nc1nc(C2CC2)cs1)c1ccccc1. The van der Waals surface area contributed by atoms with Gasteiger partial charge in [0.2, 0.25) is 11.8 Å². The monoisotopic (exact) mass is 329 g/mol. The zero-order valence-corrected chi connectivity index (χ0v) is 13.7. The maximum absolute atomic E-state index is 12.3. The molecule has 6 heteroatoms. The van der Waals surface area contributed by atoms with Crippen molar-refractivity contribution in [1.82, 2.24) is 10.3 Å². The van der Waals surface area contributed by atoms with Gasteiger partial charge >= 0.3 is 0 Å². The van der Waals surface area contributed by atoms with Crippen LogP contribution < -0.4 is 10.6 Å². The molecule has 2 N–H and O–H groups in total. The van der Waals surface area contributed by atoms with E-state index in [-0.39, 0.29) is 24.3 Å². The Bertz CT molecular complexity index is 695. The van der Waals surface area contributed by atoms with Crippen molar-refractivity contribution in [3.63, 3.8) is 0 Å². The molecule has 0 bridgehead atoms. The second-order valence-corrected chi connectivity index (χ2v) is 6.63. The third-order valence-electron chi connectivity index (χ3n) is 3.73. The second-order valence-electron chi connectivity index (χ2n) is 5.77. The quantitative estimate of drug-likeness (QED) is 0.855. The van der Waals surface area contributed by atoms with Crippen molar-refractivity contribution in [2.24, 2.45) is 0 Å². The van der Waals surface area contributed by atoms with Crippen molar-refractivity contribution < 1.29 is 9.59 Å². The molecule has 3 rings (SSSR count). The molecule has 2 amide bonds. The summed E-state index contributed by atoms with van der Waals surface area (Å²) in [6, 6.07) is 9.17. The molecular formula is C17H19N3O2S. The average Bonchev–Trinajstić information content (AvgIpc) is 3.27. The van der Waals surface area contributed by atoms with Gasteiger partial charge in [0.25, 0.3) is 0 Å². The summed E-state index contributed by atoms with van der Waals surface area (Å²) >= 11 is 1.45. The fourth-order valence-electron chi connectivity index (χ4n) is 2.45. The van der Waals surface area contributed by atoms with E-state index in [1.165, 1.54) is 31.1 Å². The van der Waals surface area contributed by atoms with E-state index in [1.54, 1.807) is 0 Å². The first-order valence-electron chi connectivity index (χ1n) is 7.69. The molecule has 1 saturated carbocycles. The van der Waals surface area contributed by atoms with Gasteiger partial charge in [-0.2, -0.15) is 0 Å². The maximum Gasteiger partial charge on any atom is 0.228 e. The van der Waals surface area contributed by atoms with Crippen molar-refractivity contribution in [1.29, 1.82) is 0 Å². The molecule has 0 radical (unpaired) electrons. The molecule has 23 heavy (non-hydrogen) atoms. The predicted octanol–water partition coefficient (Wildman–Crippen LogP) is 3.23. The highest BCUT2D eigenvalue weighted by molar-refractivity contribution is 7.13. The summed E-state index contributed by atoms with van der Waals surface area (Å²) in [5.74, 6) is 0.273. The Kier molecular flexibility index (Phi) is 4.71. The summed E-state index contributed by atoms with van der Waals surface area (Å²) in [5, 5.41) is 8.31. The van der Waals surface area contributed by atoms with Gasteiger partial charge in [0.15, 0.2) is 5.13 Å². The van der Waals surface area contributed by atoms with Crippen LogP contribution in [0.2, 0.25) is 0 Å². The molecule has 1 fully saturated rings. The number of anilines is 1. The van der Waals surface area contributed by atoms with Crippen LogP contribution in [-0.2, 0) is 9.59 Å². The van der Waals surface area contributed by atoms with Crippen LogP contribution in [0, 0.1) is 0 Å². The van der Waals surface area contributed by atoms with Gasteiger partial charge in [-0.25, -0.2) is 4.98 Å². The number of benzene rings is 1. The number of nitrogens with one attached hydrogen (secondary N) is 2. The van der Waals surface area contributed by atoms with Crippen LogP contribution in [0.15, 0.2) is 35.7 Å². The van der Waals surface area contributed by atoms with Crippen molar-refractivity contribution in [3.8, 4) is 0 Å². The van der Waals surface area contributed by atoms with E-state index in [2.05, 4.69) is 15.6 Å². The van der Waals surface area contributed by atoms with Gasteiger partial charge in [0.1, 0.15) is 0 Å². The summed E-state index contributed by atoms with van der Waals surface area (Å²) in [6.45, 7) is 1.45. The Balaban J connectivity index is 1.63. The van der Waals surface area contributed by atoms with E-state index in [0.29, 0.717) is 11.0 Å². The summed E-state index contributed by atoms with van der Waals surface area (Å²) in [4.78, 5) is 28.1. The second kappa shape index (κ2) is 6.91. The molecule has 5 nitrogen and oxygen atoms in total. The highest BCUT2D eigenvalue weighted by atomic mass is 32.1. The van der Waals surface area contributed by atoms with Crippen LogP contribution >= 0.6 is 11.3 Å². The minimum atomic E-state index is -0.337. The Morgan fingerprint density at radius 3 is 2.70 bits per heavy atom. The van der Waals surface area contributed by atoms with Gasteiger partial charge in [-0.05, 0) is 18.4 Å². The Morgan fingerprint density at radius 2 is 2.04 bits per heavy atom. The first-order valence-corrected chi connectivity index (χ1v) is 8.57. The van der Waals surface area contributed by atoms with E-state index in [4.69, 9.17) is 0 Å². The predicted molar refractivity (Wildman–Crippen MR) is 90.3 cm³/mol. The van der Waals surface area contributed by atoms with Gasteiger partial charge in [-0.1, -0.05) is 30.3 Å². The lowest BCUT2D eigenvalue weighted by Crippen LogP contribution is -2.29. The van der Waals surface area contributed by atoms with Gasteiger partial charge < -0.3 is 10.6 Å². The van der Waals surface area contributed by atoms with E-state index in [0.717, 1.165) is 11.3 Å². The van der Waals surface area contributed by atoms with Gasteiger partial charge in [0.05, 0.1) is 18.2 Å². The van der Waals surface area contributed by atoms with Gasteiger partial charge in [0, 0.05) is 18.2 Å². The van der Waals surface area contributed by atoms with Crippen molar-refractivity contribution in [3.05, 3.63) is 47.0 Å². The lowest BCUT2D eigenvalue weighted by molar-refractivity contribution is -0.120. The van der Waals surface area contributed by atoms with Crippen LogP contribution in [0.1, 0.15) is 49.4 Å². The number of carbonyl (C=O) groups excluding carboxylic acids is 2. The van der Waals surface area contributed by atoms with Crippen LogP contribution in [0.5, 0.6) is 0 Å².